The number of fused-ring (bicyclic) bond motifs is 5. The highest BCUT2D eigenvalue weighted by atomic mass is 16.5. The second-order valence-electron chi connectivity index (χ2n) is 6.47. The molecule has 0 saturated heterocycles. The number of methoxy groups -OCH3 is 2. The van der Waals surface area contributed by atoms with Crippen LogP contribution in [0, 0.1) is 0 Å². The fourth-order valence-corrected chi connectivity index (χ4v) is 4.08. The number of nitrogen functional groups attached to an aromatic ring is 1. The summed E-state index contributed by atoms with van der Waals surface area (Å²) in [6, 6.07) is 6.61. The first-order valence-corrected chi connectivity index (χ1v) is 8.60. The van der Waals surface area contributed by atoms with Gasteiger partial charge in [-0.05, 0) is 5.56 Å². The number of nitrogens with two attached hydrogens (primary N) is 1. The predicted molar refractivity (Wildman–Crippen MR) is 96.7 cm³/mol. The number of carbonyl (C=O) groups is 3. The summed E-state index contributed by atoms with van der Waals surface area (Å²) in [4.78, 5) is 43.7. The summed E-state index contributed by atoms with van der Waals surface area (Å²) in [5, 5.41) is 9.91. The van der Waals surface area contributed by atoms with Crippen molar-refractivity contribution in [2.24, 2.45) is 0 Å². The fourth-order valence-electron chi connectivity index (χ4n) is 4.08. The van der Waals surface area contributed by atoms with Gasteiger partial charge in [-0.15, -0.1) is 0 Å². The molecule has 1 spiro atoms. The minimum absolute atomic E-state index is 0.0274. The molecule has 1 atom stereocenters. The molecule has 10 nitrogen and oxygen atoms in total. The number of aliphatic hydroxyl groups excluding tert-OH is 1. The second-order valence-corrected chi connectivity index (χ2v) is 6.47. The van der Waals surface area contributed by atoms with Crippen molar-refractivity contribution in [1.82, 2.24) is 9.88 Å². The van der Waals surface area contributed by atoms with Crippen LogP contribution >= 0.6 is 0 Å². The maximum absolute atomic E-state index is 13.6. The molecule has 3 N–H and O–H groups in total. The molecule has 0 radical (unpaired) electrons. The van der Waals surface area contributed by atoms with Gasteiger partial charge in [0.2, 0.25) is 5.91 Å². The number of aliphatic hydroxyl groups is 1. The van der Waals surface area contributed by atoms with E-state index in [4.69, 9.17) is 19.6 Å². The van der Waals surface area contributed by atoms with Crippen LogP contribution in [0.25, 0.3) is 11.3 Å². The van der Waals surface area contributed by atoms with E-state index in [1.54, 1.807) is 24.3 Å². The van der Waals surface area contributed by atoms with Gasteiger partial charge in [0, 0.05) is 11.3 Å². The molecular formula is C19H17N3O7. The number of anilines is 1. The van der Waals surface area contributed by atoms with Crippen LogP contribution in [-0.4, -0.2) is 53.8 Å². The van der Waals surface area contributed by atoms with Crippen LogP contribution in [0.2, 0.25) is 0 Å². The van der Waals surface area contributed by atoms with Crippen LogP contribution in [-0.2, 0) is 29.3 Å². The van der Waals surface area contributed by atoms with E-state index in [-0.39, 0.29) is 28.7 Å². The van der Waals surface area contributed by atoms with E-state index < -0.39 is 36.4 Å². The monoisotopic (exact) mass is 399 g/mol. The SMILES string of the molecule is COC(=O)CC1=C(C(=O)OC)[C@]2(C(=O)N1CO)c1ccccc1-c1oc(N)nc12. The van der Waals surface area contributed by atoms with Gasteiger partial charge in [0.1, 0.15) is 12.4 Å². The summed E-state index contributed by atoms with van der Waals surface area (Å²) in [6.07, 6.45) is -0.431. The number of ether oxygens (including phenoxy) is 2. The molecule has 4 rings (SSSR count). The van der Waals surface area contributed by atoms with Crippen LogP contribution in [0.3, 0.4) is 0 Å². The molecule has 1 aromatic carbocycles. The largest absolute Gasteiger partial charge is 0.469 e. The highest BCUT2D eigenvalue weighted by molar-refractivity contribution is 6.14. The molecule has 0 bridgehead atoms. The van der Waals surface area contributed by atoms with E-state index in [0.29, 0.717) is 11.1 Å². The van der Waals surface area contributed by atoms with Gasteiger partial charge in [0.05, 0.1) is 26.2 Å². The predicted octanol–water partition coefficient (Wildman–Crippen LogP) is 0.305. The van der Waals surface area contributed by atoms with Crippen molar-refractivity contribution < 1.29 is 33.4 Å². The first-order valence-electron chi connectivity index (χ1n) is 8.60. The lowest BCUT2D eigenvalue weighted by Gasteiger charge is -2.25. The van der Waals surface area contributed by atoms with Gasteiger partial charge in [-0.2, -0.15) is 4.98 Å². The zero-order valence-electron chi connectivity index (χ0n) is 15.6. The molecular weight excluding hydrogens is 382 g/mol. The molecule has 1 aliphatic carbocycles. The highest BCUT2D eigenvalue weighted by Gasteiger charge is 2.64. The van der Waals surface area contributed by atoms with E-state index in [0.717, 1.165) is 12.0 Å². The highest BCUT2D eigenvalue weighted by Crippen LogP contribution is 2.57. The third kappa shape index (κ3) is 2.26. The maximum Gasteiger partial charge on any atom is 0.337 e. The Morgan fingerprint density at radius 2 is 2.00 bits per heavy atom. The Kier molecular flexibility index (Phi) is 4.16. The second kappa shape index (κ2) is 6.45. The molecule has 10 heteroatoms. The topological polar surface area (TPSA) is 145 Å². The average molecular weight is 399 g/mol. The Morgan fingerprint density at radius 3 is 2.66 bits per heavy atom. The van der Waals surface area contributed by atoms with Crippen molar-refractivity contribution in [3.8, 4) is 11.3 Å². The summed E-state index contributed by atoms with van der Waals surface area (Å²) in [6.45, 7) is -0.766. The number of benzene rings is 1. The molecule has 150 valence electrons. The summed E-state index contributed by atoms with van der Waals surface area (Å²) in [7, 11) is 2.33. The van der Waals surface area contributed by atoms with Crippen molar-refractivity contribution in [2.45, 2.75) is 11.8 Å². The Balaban J connectivity index is 2.11. The molecule has 1 amide bonds. The summed E-state index contributed by atoms with van der Waals surface area (Å²) >= 11 is 0. The number of aromatic nitrogens is 1. The van der Waals surface area contributed by atoms with E-state index in [9.17, 15) is 19.5 Å². The van der Waals surface area contributed by atoms with E-state index >= 15 is 0 Å². The first kappa shape index (κ1) is 18.7. The number of amides is 1. The number of oxazole rings is 1. The smallest absolute Gasteiger partial charge is 0.337 e. The molecule has 2 aliphatic rings. The number of hydrogen-bond donors (Lipinski definition) is 2. The lowest BCUT2D eigenvalue weighted by molar-refractivity contribution is -0.141. The molecule has 0 saturated carbocycles. The van der Waals surface area contributed by atoms with E-state index in [1.807, 2.05) is 0 Å². The normalized spacial score (nSPS) is 19.6. The first-order chi connectivity index (χ1) is 13.9. The van der Waals surface area contributed by atoms with Crippen LogP contribution < -0.4 is 5.73 Å². The van der Waals surface area contributed by atoms with Crippen molar-refractivity contribution in [1.29, 1.82) is 0 Å². The summed E-state index contributed by atoms with van der Waals surface area (Å²) in [5.74, 6) is -1.97. The molecule has 2 heterocycles. The number of hydrogen-bond acceptors (Lipinski definition) is 9. The minimum atomic E-state index is -1.76. The molecule has 29 heavy (non-hydrogen) atoms. The Labute approximate surface area is 164 Å². The van der Waals surface area contributed by atoms with Crippen molar-refractivity contribution in [3.63, 3.8) is 0 Å². The van der Waals surface area contributed by atoms with Gasteiger partial charge in [-0.25, -0.2) is 4.79 Å². The lowest BCUT2D eigenvalue weighted by Crippen LogP contribution is -2.42. The standard InChI is InChI=1S/C19H17N3O7/c1-27-12(24)7-11-13(16(25)28-2)19(17(26)22(11)8-23)10-6-4-3-5-9(10)14-15(19)21-18(20)29-14/h3-6,23H,7-8H2,1-2H3,(H2,20,21)/t19-/m1/s1. The Bertz CT molecular complexity index is 1090. The number of rotatable bonds is 4. The quantitative estimate of drug-likeness (QED) is 0.693. The maximum atomic E-state index is 13.6. The van der Waals surface area contributed by atoms with Gasteiger partial charge in [-0.1, -0.05) is 24.3 Å². The van der Waals surface area contributed by atoms with Crippen LogP contribution in [0.5, 0.6) is 0 Å². The molecule has 0 fully saturated rings. The van der Waals surface area contributed by atoms with Crippen molar-refractivity contribution in [3.05, 3.63) is 46.8 Å². The van der Waals surface area contributed by atoms with Gasteiger partial charge in [0.25, 0.3) is 6.01 Å². The fraction of sp³-hybridized carbons (Fsp3) is 0.263. The third-order valence-corrected chi connectivity index (χ3v) is 5.20. The van der Waals surface area contributed by atoms with Gasteiger partial charge in [-0.3, -0.25) is 14.5 Å². The molecule has 1 aliphatic heterocycles. The molecule has 2 aromatic rings. The lowest BCUT2D eigenvalue weighted by atomic mass is 9.74. The average Bonchev–Trinajstić information content (AvgIpc) is 3.31. The van der Waals surface area contributed by atoms with Crippen molar-refractivity contribution >= 4 is 23.9 Å². The van der Waals surface area contributed by atoms with Crippen molar-refractivity contribution in [2.75, 3.05) is 26.7 Å². The molecule has 1 aromatic heterocycles. The van der Waals surface area contributed by atoms with Gasteiger partial charge in [0.15, 0.2) is 11.2 Å². The van der Waals surface area contributed by atoms with Gasteiger partial charge < -0.3 is 24.7 Å². The third-order valence-electron chi connectivity index (χ3n) is 5.20. The Hall–Kier alpha value is -3.66. The van der Waals surface area contributed by atoms with Crippen LogP contribution in [0.4, 0.5) is 6.01 Å². The van der Waals surface area contributed by atoms with Crippen LogP contribution in [0.1, 0.15) is 17.7 Å². The number of carbonyl (C=O) groups excluding carboxylic acids is 3. The van der Waals surface area contributed by atoms with Crippen LogP contribution in [0.15, 0.2) is 40.0 Å². The summed E-state index contributed by atoms with van der Waals surface area (Å²) < 4.78 is 15.2. The minimum Gasteiger partial charge on any atom is -0.469 e. The zero-order valence-corrected chi connectivity index (χ0v) is 15.6. The number of nitrogens with zero attached hydrogens (tertiary/aromatic N) is 2. The van der Waals surface area contributed by atoms with Gasteiger partial charge >= 0.3 is 11.9 Å². The van der Waals surface area contributed by atoms with E-state index in [2.05, 4.69) is 4.98 Å². The Morgan fingerprint density at radius 1 is 1.28 bits per heavy atom. The number of esters is 2. The molecule has 0 unspecified atom stereocenters. The zero-order chi connectivity index (χ0) is 20.9. The summed E-state index contributed by atoms with van der Waals surface area (Å²) in [5.41, 5.74) is 4.88. The van der Waals surface area contributed by atoms with E-state index in [1.165, 1.54) is 7.11 Å².